The number of fused-ring (bicyclic) bond motifs is 3. The van der Waals surface area contributed by atoms with Crippen molar-refractivity contribution in [3.63, 3.8) is 0 Å². The van der Waals surface area contributed by atoms with Crippen molar-refractivity contribution in [2.24, 2.45) is 5.92 Å². The van der Waals surface area contributed by atoms with Crippen LogP contribution >= 0.6 is 0 Å². The second-order valence-corrected chi connectivity index (χ2v) is 6.33. The molecule has 2 heterocycles. The third-order valence-electron chi connectivity index (χ3n) is 5.18. The van der Waals surface area contributed by atoms with Crippen LogP contribution in [0.2, 0.25) is 0 Å². The lowest BCUT2D eigenvalue weighted by Gasteiger charge is -2.43. The lowest BCUT2D eigenvalue weighted by molar-refractivity contribution is -0.385. The van der Waals surface area contributed by atoms with Crippen LogP contribution in [-0.2, 0) is 10.3 Å². The van der Waals surface area contributed by atoms with Crippen molar-refractivity contribution in [1.29, 1.82) is 0 Å². The maximum atomic E-state index is 11.4. The molecule has 0 bridgehead atoms. The van der Waals surface area contributed by atoms with Crippen molar-refractivity contribution < 1.29 is 9.66 Å². The van der Waals surface area contributed by atoms with Crippen LogP contribution in [0.25, 0.3) is 0 Å². The summed E-state index contributed by atoms with van der Waals surface area (Å²) in [6.45, 7) is 2.78. The Morgan fingerprint density at radius 2 is 1.96 bits per heavy atom. The van der Waals surface area contributed by atoms with Gasteiger partial charge in [-0.25, -0.2) is 0 Å². The minimum Gasteiger partial charge on any atom is -0.377 e. The van der Waals surface area contributed by atoms with E-state index in [1.807, 2.05) is 30.3 Å². The number of hydrogen-bond donors (Lipinski definition) is 1. The van der Waals surface area contributed by atoms with Gasteiger partial charge < -0.3 is 10.1 Å². The Labute approximate surface area is 134 Å². The van der Waals surface area contributed by atoms with Crippen LogP contribution in [0.1, 0.15) is 30.5 Å². The maximum absolute atomic E-state index is 11.4. The molecule has 2 aromatic carbocycles. The molecule has 3 atom stereocenters. The average molecular weight is 310 g/mol. The highest BCUT2D eigenvalue weighted by molar-refractivity contribution is 5.60. The van der Waals surface area contributed by atoms with Crippen LogP contribution in [0.5, 0.6) is 0 Å². The summed E-state index contributed by atoms with van der Waals surface area (Å²) in [5, 5.41) is 14.9. The molecule has 2 aliphatic heterocycles. The van der Waals surface area contributed by atoms with Gasteiger partial charge in [0.25, 0.3) is 5.69 Å². The van der Waals surface area contributed by atoms with Gasteiger partial charge >= 0.3 is 0 Å². The van der Waals surface area contributed by atoms with E-state index in [-0.39, 0.29) is 22.6 Å². The predicted molar refractivity (Wildman–Crippen MR) is 87.3 cm³/mol. The Hall–Kier alpha value is -2.40. The fourth-order valence-corrected chi connectivity index (χ4v) is 4.06. The van der Waals surface area contributed by atoms with Gasteiger partial charge in [-0.2, -0.15) is 0 Å². The van der Waals surface area contributed by atoms with Gasteiger partial charge in [-0.05, 0) is 19.4 Å². The van der Waals surface area contributed by atoms with E-state index in [4.69, 9.17) is 4.74 Å². The topological polar surface area (TPSA) is 64.4 Å². The molecule has 5 nitrogen and oxygen atoms in total. The molecule has 0 amide bonds. The number of nitro benzene ring substituents is 1. The summed E-state index contributed by atoms with van der Waals surface area (Å²) in [4.78, 5) is 11.1. The van der Waals surface area contributed by atoms with Gasteiger partial charge in [0.15, 0.2) is 0 Å². The van der Waals surface area contributed by atoms with E-state index in [0.29, 0.717) is 6.61 Å². The smallest absolute Gasteiger partial charge is 0.274 e. The van der Waals surface area contributed by atoms with Crippen molar-refractivity contribution in [3.05, 3.63) is 69.8 Å². The standard InChI is InChI=1S/C18H18N2O3/c1-18-13-7-3-4-8-15(13)19-17(14(18)10-11-23-18)12-6-2-5-9-16(12)20(21)22/h2-9,14,17,19H,10-11H2,1H3/t14-,17+,18+/m0/s1. The van der Waals surface area contributed by atoms with Crippen molar-refractivity contribution >= 4 is 11.4 Å². The molecule has 0 spiro atoms. The van der Waals surface area contributed by atoms with E-state index in [1.54, 1.807) is 12.1 Å². The highest BCUT2D eigenvalue weighted by Crippen LogP contribution is 2.54. The number of para-hydroxylation sites is 2. The van der Waals surface area contributed by atoms with Gasteiger partial charge in [0.05, 0.1) is 22.1 Å². The molecule has 1 fully saturated rings. The fourth-order valence-electron chi connectivity index (χ4n) is 4.06. The lowest BCUT2D eigenvalue weighted by Crippen LogP contribution is -2.40. The van der Waals surface area contributed by atoms with Gasteiger partial charge in [-0.1, -0.05) is 36.4 Å². The van der Waals surface area contributed by atoms with Crippen molar-refractivity contribution in [1.82, 2.24) is 0 Å². The summed E-state index contributed by atoms with van der Waals surface area (Å²) in [5.41, 5.74) is 2.62. The Morgan fingerprint density at radius 3 is 2.78 bits per heavy atom. The highest BCUT2D eigenvalue weighted by atomic mass is 16.6. The van der Waals surface area contributed by atoms with E-state index >= 15 is 0 Å². The molecule has 0 saturated carbocycles. The van der Waals surface area contributed by atoms with Crippen molar-refractivity contribution in [3.8, 4) is 0 Å². The first-order valence-electron chi connectivity index (χ1n) is 7.84. The zero-order valence-electron chi connectivity index (χ0n) is 12.9. The van der Waals surface area contributed by atoms with Gasteiger partial charge in [0.1, 0.15) is 0 Å². The third-order valence-corrected chi connectivity index (χ3v) is 5.18. The molecule has 1 saturated heterocycles. The van der Waals surface area contributed by atoms with Crippen LogP contribution in [0.4, 0.5) is 11.4 Å². The molecule has 1 N–H and O–H groups in total. The maximum Gasteiger partial charge on any atom is 0.274 e. The molecule has 0 unspecified atom stereocenters. The Morgan fingerprint density at radius 1 is 1.22 bits per heavy atom. The molecule has 118 valence electrons. The van der Waals surface area contributed by atoms with Gasteiger partial charge in [-0.15, -0.1) is 0 Å². The number of nitro groups is 1. The molecule has 0 radical (unpaired) electrons. The van der Waals surface area contributed by atoms with Crippen LogP contribution in [0, 0.1) is 16.0 Å². The van der Waals surface area contributed by atoms with E-state index in [0.717, 1.165) is 23.2 Å². The second-order valence-electron chi connectivity index (χ2n) is 6.33. The summed E-state index contributed by atoms with van der Waals surface area (Å²) in [6.07, 6.45) is 0.883. The number of nitrogens with zero attached hydrogens (tertiary/aromatic N) is 1. The number of anilines is 1. The first kappa shape index (κ1) is 14.2. The summed E-state index contributed by atoms with van der Waals surface area (Å²) in [5.74, 6) is 0.165. The van der Waals surface area contributed by atoms with E-state index in [9.17, 15) is 10.1 Å². The van der Waals surface area contributed by atoms with E-state index in [1.165, 1.54) is 0 Å². The molecule has 4 rings (SSSR count). The molecule has 0 aromatic heterocycles. The molecule has 0 aliphatic carbocycles. The second kappa shape index (κ2) is 5.06. The average Bonchev–Trinajstić information content (AvgIpc) is 2.97. The van der Waals surface area contributed by atoms with E-state index < -0.39 is 5.60 Å². The number of ether oxygens (including phenoxy) is 1. The predicted octanol–water partition coefficient (Wildman–Crippen LogP) is 4.01. The zero-order chi connectivity index (χ0) is 16.0. The molecule has 2 aromatic rings. The molecular formula is C18H18N2O3. The SMILES string of the molecule is C[C@]12OCC[C@H]1[C@@H](c1ccccc1[N+](=O)[O-])Nc1ccccc12. The first-order valence-corrected chi connectivity index (χ1v) is 7.84. The van der Waals surface area contributed by atoms with Crippen LogP contribution in [-0.4, -0.2) is 11.5 Å². The summed E-state index contributed by atoms with van der Waals surface area (Å²) in [6, 6.07) is 14.9. The van der Waals surface area contributed by atoms with Gasteiger partial charge in [0, 0.05) is 29.8 Å². The first-order chi connectivity index (χ1) is 11.1. The number of nitrogens with one attached hydrogen (secondary N) is 1. The highest BCUT2D eigenvalue weighted by Gasteiger charge is 2.51. The quantitative estimate of drug-likeness (QED) is 0.672. The monoisotopic (exact) mass is 310 g/mol. The van der Waals surface area contributed by atoms with Crippen molar-refractivity contribution in [2.75, 3.05) is 11.9 Å². The van der Waals surface area contributed by atoms with Crippen LogP contribution in [0.15, 0.2) is 48.5 Å². The van der Waals surface area contributed by atoms with Crippen molar-refractivity contribution in [2.45, 2.75) is 25.0 Å². The molecular weight excluding hydrogens is 292 g/mol. The summed E-state index contributed by atoms with van der Waals surface area (Å²) < 4.78 is 6.11. The summed E-state index contributed by atoms with van der Waals surface area (Å²) in [7, 11) is 0. The number of benzene rings is 2. The number of rotatable bonds is 2. The molecule has 2 aliphatic rings. The van der Waals surface area contributed by atoms with Crippen LogP contribution < -0.4 is 5.32 Å². The minimum absolute atomic E-state index is 0.126. The van der Waals surface area contributed by atoms with Crippen LogP contribution in [0.3, 0.4) is 0 Å². The normalized spacial score (nSPS) is 28.6. The third kappa shape index (κ3) is 2.04. The zero-order valence-corrected chi connectivity index (χ0v) is 12.9. The molecule has 23 heavy (non-hydrogen) atoms. The fraction of sp³-hybridized carbons (Fsp3) is 0.333. The minimum atomic E-state index is -0.407. The number of hydrogen-bond acceptors (Lipinski definition) is 4. The Bertz CT molecular complexity index is 776. The van der Waals surface area contributed by atoms with Gasteiger partial charge in [-0.3, -0.25) is 10.1 Å². The summed E-state index contributed by atoms with van der Waals surface area (Å²) >= 11 is 0. The van der Waals surface area contributed by atoms with E-state index in [2.05, 4.69) is 18.3 Å². The largest absolute Gasteiger partial charge is 0.377 e. The lowest BCUT2D eigenvalue weighted by atomic mass is 9.72. The Balaban J connectivity index is 1.87. The van der Waals surface area contributed by atoms with Gasteiger partial charge in [0.2, 0.25) is 0 Å². The molecule has 5 heteroatoms. The Kier molecular flexibility index (Phi) is 3.13.